The predicted octanol–water partition coefficient (Wildman–Crippen LogP) is 3.72. The van der Waals surface area contributed by atoms with E-state index in [1.54, 1.807) is 31.6 Å². The fraction of sp³-hybridized carbons (Fsp3) is 0.296. The standard InChI is InChI=1S/C27H31FN8O3/c1-27(2,38)18-7-8-20(36-24(18)28)35-21-13-19(17(14-33-21)22(37)15-5-6-15)34-26-23(39-4)16(9-10-32-26)25(29)31-12-11-30-3/h7-15,30,38H,5-6H2,1-4H3,(H2,29,31)(H2,32,33,34,35,36)/b12-11+. The molecule has 0 bridgehead atoms. The first-order valence-corrected chi connectivity index (χ1v) is 12.3. The van der Waals surface area contributed by atoms with E-state index < -0.39 is 11.5 Å². The molecule has 0 saturated heterocycles. The second-order valence-electron chi connectivity index (χ2n) is 9.46. The maximum atomic E-state index is 14.5. The first-order chi connectivity index (χ1) is 18.6. The lowest BCUT2D eigenvalue weighted by Crippen LogP contribution is -2.18. The molecule has 0 spiro atoms. The van der Waals surface area contributed by atoms with Crippen LogP contribution in [-0.2, 0) is 5.60 Å². The SMILES string of the molecule is CN/C=C/N=C(N)c1ccnc(Nc2cc(Nc3ccc(C(C)(C)O)c(F)n3)ncc2C(=O)C2CC2)c1OC. The first kappa shape index (κ1) is 27.5. The molecule has 1 fully saturated rings. The number of carbonyl (C=O) groups excluding carboxylic acids is 1. The lowest BCUT2D eigenvalue weighted by Gasteiger charge is -2.18. The molecular weight excluding hydrogens is 503 g/mol. The molecule has 12 heteroatoms. The zero-order chi connectivity index (χ0) is 28.2. The summed E-state index contributed by atoms with van der Waals surface area (Å²) in [5.41, 5.74) is 6.16. The summed E-state index contributed by atoms with van der Waals surface area (Å²) in [6, 6.07) is 6.27. The first-order valence-electron chi connectivity index (χ1n) is 12.3. The Kier molecular flexibility index (Phi) is 8.05. The third kappa shape index (κ3) is 6.47. The summed E-state index contributed by atoms with van der Waals surface area (Å²) < 4.78 is 20.1. The second-order valence-corrected chi connectivity index (χ2v) is 9.46. The summed E-state index contributed by atoms with van der Waals surface area (Å²) in [7, 11) is 3.22. The Morgan fingerprint density at radius 3 is 2.62 bits per heavy atom. The van der Waals surface area contributed by atoms with Crippen molar-refractivity contribution >= 4 is 34.8 Å². The lowest BCUT2D eigenvalue weighted by atomic mass is 10.0. The molecule has 6 N–H and O–H groups in total. The molecule has 3 aromatic heterocycles. The summed E-state index contributed by atoms with van der Waals surface area (Å²) in [6.07, 6.45) is 7.78. The average molecular weight is 535 g/mol. The van der Waals surface area contributed by atoms with Gasteiger partial charge in [-0.15, -0.1) is 0 Å². The van der Waals surface area contributed by atoms with Crippen molar-refractivity contribution in [3.05, 3.63) is 71.7 Å². The number of carbonyl (C=O) groups is 1. The van der Waals surface area contributed by atoms with Gasteiger partial charge < -0.3 is 31.5 Å². The molecule has 39 heavy (non-hydrogen) atoms. The number of pyridine rings is 3. The fourth-order valence-corrected chi connectivity index (χ4v) is 3.82. The van der Waals surface area contributed by atoms with E-state index in [9.17, 15) is 14.3 Å². The van der Waals surface area contributed by atoms with Crippen LogP contribution in [-0.4, -0.2) is 45.8 Å². The van der Waals surface area contributed by atoms with Crippen LogP contribution in [0.1, 0.15) is 48.2 Å². The Morgan fingerprint density at radius 2 is 1.97 bits per heavy atom. The topological polar surface area (TPSA) is 160 Å². The third-order valence-electron chi connectivity index (χ3n) is 5.97. The molecule has 1 aliphatic carbocycles. The van der Waals surface area contributed by atoms with E-state index in [4.69, 9.17) is 10.5 Å². The third-order valence-corrected chi connectivity index (χ3v) is 5.97. The number of nitrogens with one attached hydrogen (secondary N) is 3. The van der Waals surface area contributed by atoms with Crippen molar-refractivity contribution in [3.8, 4) is 5.75 Å². The van der Waals surface area contributed by atoms with Crippen molar-refractivity contribution in [2.75, 3.05) is 24.8 Å². The number of Topliss-reactive ketones (excluding diaryl/α,β-unsaturated/α-hetero) is 1. The zero-order valence-corrected chi connectivity index (χ0v) is 22.1. The number of ketones is 1. The highest BCUT2D eigenvalue weighted by Crippen LogP contribution is 2.37. The number of anilines is 4. The number of hydrogen-bond donors (Lipinski definition) is 5. The van der Waals surface area contributed by atoms with Gasteiger partial charge in [-0.1, -0.05) is 0 Å². The molecule has 11 nitrogen and oxygen atoms in total. The van der Waals surface area contributed by atoms with Crippen LogP contribution in [0.5, 0.6) is 5.75 Å². The molecule has 0 unspecified atom stereocenters. The largest absolute Gasteiger partial charge is 0.492 e. The van der Waals surface area contributed by atoms with Crippen LogP contribution < -0.4 is 26.4 Å². The van der Waals surface area contributed by atoms with Gasteiger partial charge in [0.1, 0.15) is 17.5 Å². The van der Waals surface area contributed by atoms with E-state index in [0.29, 0.717) is 34.2 Å². The molecule has 3 heterocycles. The number of ether oxygens (including phenoxy) is 1. The maximum Gasteiger partial charge on any atom is 0.220 e. The summed E-state index contributed by atoms with van der Waals surface area (Å²) in [4.78, 5) is 29.9. The summed E-state index contributed by atoms with van der Waals surface area (Å²) in [5, 5.41) is 19.1. The second kappa shape index (κ2) is 11.4. The van der Waals surface area contributed by atoms with Gasteiger partial charge in [0.2, 0.25) is 5.95 Å². The summed E-state index contributed by atoms with van der Waals surface area (Å²) in [6.45, 7) is 2.95. The number of aliphatic imine (C=N–C) groups is 1. The quantitative estimate of drug-likeness (QED) is 0.106. The average Bonchev–Trinajstić information content (AvgIpc) is 3.73. The van der Waals surface area contributed by atoms with Gasteiger partial charge in [0.15, 0.2) is 17.4 Å². The number of hydrogen-bond acceptors (Lipinski definition) is 10. The number of aliphatic hydroxyl groups is 1. The molecule has 0 aliphatic heterocycles. The van der Waals surface area contributed by atoms with Crippen LogP contribution in [0.25, 0.3) is 0 Å². The van der Waals surface area contributed by atoms with Crippen molar-refractivity contribution < 1.29 is 19.0 Å². The minimum Gasteiger partial charge on any atom is -0.492 e. The van der Waals surface area contributed by atoms with Gasteiger partial charge in [-0.05, 0) is 44.9 Å². The zero-order valence-electron chi connectivity index (χ0n) is 22.1. The van der Waals surface area contributed by atoms with E-state index in [-0.39, 0.29) is 28.9 Å². The monoisotopic (exact) mass is 534 g/mol. The number of amidine groups is 1. The smallest absolute Gasteiger partial charge is 0.220 e. The van der Waals surface area contributed by atoms with Crippen LogP contribution >= 0.6 is 0 Å². The van der Waals surface area contributed by atoms with Crippen molar-refractivity contribution in [3.63, 3.8) is 0 Å². The van der Waals surface area contributed by atoms with Crippen LogP contribution in [0, 0.1) is 11.9 Å². The molecule has 0 atom stereocenters. The van der Waals surface area contributed by atoms with Crippen molar-refractivity contribution in [1.82, 2.24) is 20.3 Å². The van der Waals surface area contributed by atoms with Gasteiger partial charge in [0.05, 0.1) is 29.5 Å². The Balaban J connectivity index is 1.70. The van der Waals surface area contributed by atoms with Crippen LogP contribution in [0.15, 0.2) is 54.1 Å². The van der Waals surface area contributed by atoms with Crippen molar-refractivity contribution in [2.24, 2.45) is 16.6 Å². The highest BCUT2D eigenvalue weighted by atomic mass is 19.1. The summed E-state index contributed by atoms with van der Waals surface area (Å²) >= 11 is 0. The highest BCUT2D eigenvalue weighted by molar-refractivity contribution is 6.05. The fourth-order valence-electron chi connectivity index (χ4n) is 3.82. The molecule has 0 amide bonds. The minimum absolute atomic E-state index is 0.0383. The molecule has 204 valence electrons. The molecule has 4 rings (SSSR count). The van der Waals surface area contributed by atoms with Crippen LogP contribution in [0.4, 0.5) is 27.5 Å². The molecule has 1 aliphatic rings. The van der Waals surface area contributed by atoms with E-state index in [1.807, 2.05) is 0 Å². The number of nitrogens with zero attached hydrogens (tertiary/aromatic N) is 4. The Bertz CT molecular complexity index is 1430. The van der Waals surface area contributed by atoms with Crippen molar-refractivity contribution in [1.29, 1.82) is 0 Å². The van der Waals surface area contributed by atoms with Crippen LogP contribution in [0.3, 0.4) is 0 Å². The Hall–Kier alpha value is -4.58. The van der Waals surface area contributed by atoms with Gasteiger partial charge >= 0.3 is 0 Å². The van der Waals surface area contributed by atoms with Crippen molar-refractivity contribution in [2.45, 2.75) is 32.3 Å². The highest BCUT2D eigenvalue weighted by Gasteiger charge is 2.32. The van der Waals surface area contributed by atoms with E-state index >= 15 is 0 Å². The molecule has 3 aromatic rings. The molecule has 1 saturated carbocycles. The molecule has 0 radical (unpaired) electrons. The van der Waals surface area contributed by atoms with E-state index in [2.05, 4.69) is 35.9 Å². The van der Waals surface area contributed by atoms with Gasteiger partial charge in [-0.3, -0.25) is 4.79 Å². The molecule has 0 aromatic carbocycles. The van der Waals surface area contributed by atoms with Gasteiger partial charge in [0.25, 0.3) is 0 Å². The van der Waals surface area contributed by atoms with Gasteiger partial charge in [-0.25, -0.2) is 19.9 Å². The number of methoxy groups -OCH3 is 1. The number of halogens is 1. The van der Waals surface area contributed by atoms with E-state index in [1.165, 1.54) is 45.5 Å². The van der Waals surface area contributed by atoms with Gasteiger partial charge in [0, 0.05) is 49.4 Å². The lowest BCUT2D eigenvalue weighted by molar-refractivity contribution is 0.0737. The predicted molar refractivity (Wildman–Crippen MR) is 147 cm³/mol. The Morgan fingerprint density at radius 1 is 1.21 bits per heavy atom. The minimum atomic E-state index is -1.38. The van der Waals surface area contributed by atoms with Crippen LogP contribution in [0.2, 0.25) is 0 Å². The maximum absolute atomic E-state index is 14.5. The summed E-state index contributed by atoms with van der Waals surface area (Å²) in [5.74, 6) is 0.435. The number of rotatable bonds is 11. The van der Waals surface area contributed by atoms with E-state index in [0.717, 1.165) is 12.8 Å². The Labute approximate surface area is 225 Å². The van der Waals surface area contributed by atoms with Gasteiger partial charge in [-0.2, -0.15) is 4.39 Å². The normalized spacial score (nSPS) is 13.8. The number of aromatic nitrogens is 3. The molecular formula is C27H31FN8O3. The number of nitrogens with two attached hydrogens (primary N) is 1.